The van der Waals surface area contributed by atoms with E-state index in [1.54, 1.807) is 0 Å². The Hall–Kier alpha value is -0.890. The third kappa shape index (κ3) is 9.20. The van der Waals surface area contributed by atoms with Crippen LogP contribution >= 0.6 is 0 Å². The van der Waals surface area contributed by atoms with Gasteiger partial charge in [-0.3, -0.25) is 4.79 Å². The molecule has 8 heteroatoms. The normalized spacial score (nSPS) is 9.29. The van der Waals surface area contributed by atoms with Crippen LogP contribution < -0.4 is 29.6 Å². The molecule has 0 aromatic rings. The van der Waals surface area contributed by atoms with Crippen molar-refractivity contribution in [2.24, 2.45) is 0 Å². The van der Waals surface area contributed by atoms with E-state index in [-0.39, 0.29) is 35.0 Å². The molecule has 0 rings (SSSR count). The van der Waals surface area contributed by atoms with Crippen molar-refractivity contribution in [1.82, 2.24) is 0 Å². The van der Waals surface area contributed by atoms with Gasteiger partial charge in [-0.1, -0.05) is 0 Å². The SMILES string of the molecule is O=C(O)C=C(CC(=O)O)C(=O)O.[Na+].[OH-]. The van der Waals surface area contributed by atoms with Gasteiger partial charge in [-0.25, -0.2) is 9.59 Å². The number of aliphatic carboxylic acids is 3. The maximum Gasteiger partial charge on any atom is 1.00 e. The Bertz CT molecular complexity index is 257. The van der Waals surface area contributed by atoms with E-state index in [9.17, 15) is 14.4 Å². The predicted molar refractivity (Wildman–Crippen MR) is 37.5 cm³/mol. The monoisotopic (exact) mass is 214 g/mol. The molecule has 0 aromatic carbocycles. The molecule has 74 valence electrons. The molecule has 0 aliphatic rings. The quantitative estimate of drug-likeness (QED) is 0.324. The molecule has 0 saturated heterocycles. The third-order valence-corrected chi connectivity index (χ3v) is 0.914. The molecular weight excluding hydrogens is 207 g/mol. The molecule has 4 N–H and O–H groups in total. The fourth-order valence-corrected chi connectivity index (χ4v) is 0.500. The van der Waals surface area contributed by atoms with Crippen LogP contribution in [0.4, 0.5) is 0 Å². The summed E-state index contributed by atoms with van der Waals surface area (Å²) in [5, 5.41) is 24.5. The van der Waals surface area contributed by atoms with Crippen molar-refractivity contribution >= 4 is 17.9 Å². The number of carboxylic acids is 3. The van der Waals surface area contributed by atoms with Crippen LogP contribution in [0, 0.1) is 0 Å². The van der Waals surface area contributed by atoms with Crippen LogP contribution in [0.2, 0.25) is 0 Å². The van der Waals surface area contributed by atoms with Crippen LogP contribution in [0.25, 0.3) is 0 Å². The summed E-state index contributed by atoms with van der Waals surface area (Å²) >= 11 is 0. The smallest absolute Gasteiger partial charge is 0.870 e. The van der Waals surface area contributed by atoms with Gasteiger partial charge in [-0.15, -0.1) is 0 Å². The van der Waals surface area contributed by atoms with Gasteiger partial charge in [0.2, 0.25) is 0 Å². The second-order valence-corrected chi connectivity index (χ2v) is 1.88. The van der Waals surface area contributed by atoms with Crippen molar-refractivity contribution in [3.8, 4) is 0 Å². The van der Waals surface area contributed by atoms with Gasteiger partial charge >= 0.3 is 47.5 Å². The van der Waals surface area contributed by atoms with Gasteiger partial charge in [0.1, 0.15) is 0 Å². The first kappa shape index (κ1) is 18.8. The van der Waals surface area contributed by atoms with Crippen LogP contribution in [0.1, 0.15) is 6.42 Å². The summed E-state index contributed by atoms with van der Waals surface area (Å²) in [6.45, 7) is 0. The summed E-state index contributed by atoms with van der Waals surface area (Å²) in [5.74, 6) is -4.40. The molecule has 0 heterocycles. The number of rotatable bonds is 4. The molecule has 0 radical (unpaired) electrons. The zero-order valence-corrected chi connectivity index (χ0v) is 9.30. The molecule has 0 fully saturated rings. The summed E-state index contributed by atoms with van der Waals surface area (Å²) in [5.41, 5.74) is -0.657. The number of hydrogen-bond acceptors (Lipinski definition) is 4. The Morgan fingerprint density at radius 1 is 1.07 bits per heavy atom. The molecule has 7 nitrogen and oxygen atoms in total. The molecule has 0 spiro atoms. The maximum absolute atomic E-state index is 10.2. The summed E-state index contributed by atoms with van der Waals surface area (Å²) in [4.78, 5) is 30.1. The van der Waals surface area contributed by atoms with Crippen molar-refractivity contribution in [1.29, 1.82) is 0 Å². The minimum Gasteiger partial charge on any atom is -0.870 e. The summed E-state index contributed by atoms with van der Waals surface area (Å²) in [6.07, 6.45) is -0.446. The average Bonchev–Trinajstić information content (AvgIpc) is 1.83. The minimum absolute atomic E-state index is 0. The van der Waals surface area contributed by atoms with Gasteiger partial charge in [0, 0.05) is 6.08 Å². The Kier molecular flexibility index (Phi) is 11.7. The molecule has 0 aliphatic heterocycles. The average molecular weight is 214 g/mol. The number of carboxylic acid groups (broad SMARTS) is 3. The van der Waals surface area contributed by atoms with Gasteiger partial charge in [-0.2, -0.15) is 0 Å². The van der Waals surface area contributed by atoms with Gasteiger partial charge < -0.3 is 20.8 Å². The van der Waals surface area contributed by atoms with Crippen molar-refractivity contribution in [3.05, 3.63) is 11.6 Å². The summed E-state index contributed by atoms with van der Waals surface area (Å²) < 4.78 is 0. The first-order chi connectivity index (χ1) is 5.43. The van der Waals surface area contributed by atoms with Crippen LogP contribution in [0.15, 0.2) is 11.6 Å². The largest absolute Gasteiger partial charge is 1.00 e. The van der Waals surface area contributed by atoms with E-state index in [1.165, 1.54) is 0 Å². The molecule has 0 aromatic heterocycles. The fraction of sp³-hybridized carbons (Fsp3) is 0.167. The summed E-state index contributed by atoms with van der Waals surface area (Å²) in [7, 11) is 0. The molecular formula is C6H7NaO7. The van der Waals surface area contributed by atoms with Crippen molar-refractivity contribution in [2.45, 2.75) is 6.42 Å². The van der Waals surface area contributed by atoms with Gasteiger partial charge in [0.25, 0.3) is 0 Å². The Morgan fingerprint density at radius 2 is 1.50 bits per heavy atom. The van der Waals surface area contributed by atoms with Crippen molar-refractivity contribution in [2.75, 3.05) is 0 Å². The van der Waals surface area contributed by atoms with E-state index in [2.05, 4.69) is 0 Å². The van der Waals surface area contributed by atoms with Crippen molar-refractivity contribution in [3.63, 3.8) is 0 Å². The second-order valence-electron chi connectivity index (χ2n) is 1.88. The maximum atomic E-state index is 10.2. The third-order valence-electron chi connectivity index (χ3n) is 0.914. The zero-order valence-electron chi connectivity index (χ0n) is 7.30. The topological polar surface area (TPSA) is 142 Å². The molecule has 0 amide bonds. The standard InChI is InChI=1S/C6H6O6.Na.H2O/c7-4(8)1-3(6(11)12)2-5(9)10;;/h1H,2H2,(H,7,8)(H,9,10)(H,11,12);;1H2/q;+1;/p-1. The minimum atomic E-state index is -1.54. The number of hydrogen-bond donors (Lipinski definition) is 3. The van der Waals surface area contributed by atoms with E-state index in [1.807, 2.05) is 0 Å². The molecule has 0 saturated carbocycles. The van der Waals surface area contributed by atoms with Gasteiger partial charge in [0.05, 0.1) is 12.0 Å². The molecule has 0 aliphatic carbocycles. The molecule has 0 atom stereocenters. The first-order valence-electron chi connectivity index (χ1n) is 2.82. The van der Waals surface area contributed by atoms with E-state index in [0.29, 0.717) is 6.08 Å². The van der Waals surface area contributed by atoms with E-state index >= 15 is 0 Å². The van der Waals surface area contributed by atoms with E-state index in [4.69, 9.17) is 15.3 Å². The van der Waals surface area contributed by atoms with Gasteiger partial charge in [-0.05, 0) is 0 Å². The van der Waals surface area contributed by atoms with Crippen LogP contribution in [-0.4, -0.2) is 38.7 Å². The Labute approximate surface area is 101 Å². The zero-order chi connectivity index (χ0) is 9.72. The first-order valence-corrected chi connectivity index (χ1v) is 2.82. The van der Waals surface area contributed by atoms with E-state index in [0.717, 1.165) is 0 Å². The fourth-order valence-electron chi connectivity index (χ4n) is 0.500. The number of carbonyl (C=O) groups is 3. The van der Waals surface area contributed by atoms with Crippen LogP contribution in [0.5, 0.6) is 0 Å². The molecule has 0 bridgehead atoms. The predicted octanol–water partition coefficient (Wildman–Crippen LogP) is -3.62. The molecule has 0 unspecified atom stereocenters. The molecule has 14 heavy (non-hydrogen) atoms. The van der Waals surface area contributed by atoms with E-state index < -0.39 is 29.9 Å². The van der Waals surface area contributed by atoms with Crippen LogP contribution in [0.3, 0.4) is 0 Å². The van der Waals surface area contributed by atoms with Crippen molar-refractivity contribution < 1.29 is 64.7 Å². The Morgan fingerprint density at radius 3 is 1.71 bits per heavy atom. The second kappa shape index (κ2) is 8.70. The Balaban J connectivity index is -0.000000605. The summed E-state index contributed by atoms with van der Waals surface area (Å²) in [6, 6.07) is 0. The van der Waals surface area contributed by atoms with Gasteiger partial charge in [0.15, 0.2) is 0 Å². The van der Waals surface area contributed by atoms with Crippen LogP contribution in [-0.2, 0) is 14.4 Å².